The molecule has 2 aliphatic rings. The third-order valence-electron chi connectivity index (χ3n) is 17.3. The fraction of sp³-hybridized carbons (Fsp3) is 0.508. The van der Waals surface area contributed by atoms with E-state index in [1.54, 1.807) is 23.6 Å². The van der Waals surface area contributed by atoms with Crippen molar-refractivity contribution in [2.45, 2.75) is 184 Å². The second kappa shape index (κ2) is 27.5. The zero-order valence-electron chi connectivity index (χ0n) is 50.7. The van der Waals surface area contributed by atoms with Gasteiger partial charge in [0, 0.05) is 101 Å². The number of aliphatic imine (C=N–C) groups is 1. The summed E-state index contributed by atoms with van der Waals surface area (Å²) in [5.41, 5.74) is 7.01. The first-order valence-electron chi connectivity index (χ1n) is 30.0. The number of thiophene rings is 1. The van der Waals surface area contributed by atoms with Crippen molar-refractivity contribution in [2.75, 3.05) is 31.1 Å². The minimum atomic E-state index is -0.601. The molecule has 0 saturated carbocycles. The minimum absolute atomic E-state index is 0.0581. The van der Waals surface area contributed by atoms with E-state index >= 15 is 0 Å². The number of unbranched alkanes of at least 4 members (excludes halogenated alkanes) is 5. The van der Waals surface area contributed by atoms with Gasteiger partial charge in [-0.05, 0) is 128 Å². The lowest BCUT2D eigenvalue weighted by Crippen LogP contribution is -2.83. The van der Waals surface area contributed by atoms with Gasteiger partial charge in [-0.1, -0.05) is 90.0 Å². The maximum absolute atomic E-state index is 14.8. The number of aromatic amines is 1. The van der Waals surface area contributed by atoms with E-state index in [2.05, 4.69) is 83.3 Å². The Balaban J connectivity index is 0.822. The third-order valence-corrected chi connectivity index (χ3v) is 18.8. The largest absolute Gasteiger partial charge is 0.354 e. The predicted molar refractivity (Wildman–Crippen MR) is 335 cm³/mol. The van der Waals surface area contributed by atoms with E-state index in [1.807, 2.05) is 75.5 Å². The van der Waals surface area contributed by atoms with Gasteiger partial charge in [-0.2, -0.15) is 4.98 Å². The Morgan fingerprint density at radius 1 is 0.916 bits per heavy atom. The van der Waals surface area contributed by atoms with Crippen LogP contribution in [0.15, 0.2) is 64.5 Å². The van der Waals surface area contributed by atoms with E-state index in [1.165, 1.54) is 11.1 Å². The first-order valence-corrected chi connectivity index (χ1v) is 31.2. The normalized spacial score (nSPS) is 15.9. The van der Waals surface area contributed by atoms with E-state index in [-0.39, 0.29) is 30.3 Å². The first kappa shape index (κ1) is 62.5. The van der Waals surface area contributed by atoms with Gasteiger partial charge in [-0.15, -0.1) is 21.5 Å². The molecule has 442 valence electrons. The molecule has 1 aromatic carbocycles. The van der Waals surface area contributed by atoms with Crippen molar-refractivity contribution < 1.29 is 19.7 Å². The van der Waals surface area contributed by atoms with Gasteiger partial charge in [-0.25, -0.2) is 4.98 Å². The van der Waals surface area contributed by atoms with E-state index in [4.69, 9.17) is 32.0 Å². The number of benzene rings is 1. The van der Waals surface area contributed by atoms with Gasteiger partial charge in [0.1, 0.15) is 28.5 Å². The van der Waals surface area contributed by atoms with Gasteiger partial charge in [0.25, 0.3) is 11.5 Å². The number of quaternary nitrogens is 1. The predicted octanol–water partition coefficient (Wildman–Crippen LogP) is 11.8. The van der Waals surface area contributed by atoms with Crippen LogP contribution >= 0.6 is 22.9 Å². The number of amides is 1. The number of nitrogens with one attached hydrogen (secondary N) is 3. The summed E-state index contributed by atoms with van der Waals surface area (Å²) in [6.07, 6.45) is 13.6. The van der Waals surface area contributed by atoms with Crippen LogP contribution in [0.3, 0.4) is 0 Å². The monoisotopic (exact) mass is 1170 g/mol. The number of aromatic nitrogens is 6. The standard InChI is InChI=1S/C65H85ClN12O4S/c1-12-21-46-34-41(6)71-61(81)52(46)39-69-60(80)50-36-53(73-58(51(50)37-67)70-40(4)5)47-25-28-55(68-38-47)76-30-32-77(33-31-76)65(11,14-3)63(82)64(10,13-2)29-20-18-16-15-17-19-22-49(79)35-54-59-75-74-44(9)78(59)62-56(42(7)43(8)83-62)57(72-54)45-23-26-48(66)27-24-45/h23-28,34,36-38,40,54,67H,12-22,29-33,35,39H2,1-11H3,(H,69,80)(H,70,73)(H,71,81)/p+1. The Labute approximate surface area is 499 Å². The van der Waals surface area contributed by atoms with Crippen molar-refractivity contribution in [1.82, 2.24) is 39.9 Å². The van der Waals surface area contributed by atoms with Crippen LogP contribution < -0.4 is 21.1 Å². The lowest BCUT2D eigenvalue weighted by molar-refractivity contribution is -0.606. The highest BCUT2D eigenvalue weighted by Crippen LogP contribution is 2.41. The molecule has 1 saturated heterocycles. The highest BCUT2D eigenvalue weighted by molar-refractivity contribution is 7.15. The molecule has 3 atom stereocenters. The Kier molecular flexibility index (Phi) is 20.7. The van der Waals surface area contributed by atoms with Crippen LogP contribution in [-0.2, 0) is 22.6 Å². The Morgan fingerprint density at radius 3 is 2.27 bits per heavy atom. The number of Topliss-reactive ketones (excluding diaryl/α,β-unsaturated/α-hetero) is 2. The number of nitrogens with two attached hydrogens (primary N) is 1. The van der Waals surface area contributed by atoms with Crippen molar-refractivity contribution >= 4 is 64.0 Å². The zero-order chi connectivity index (χ0) is 59.8. The molecule has 1 fully saturated rings. The fourth-order valence-electron chi connectivity index (χ4n) is 12.0. The molecule has 83 heavy (non-hydrogen) atoms. The number of aryl methyl sites for hydroxylation is 4. The molecule has 5 N–H and O–H groups in total. The number of hydrogen-bond acceptors (Lipinski definition) is 13. The van der Waals surface area contributed by atoms with Crippen LogP contribution in [-0.4, -0.2) is 102 Å². The van der Waals surface area contributed by atoms with Gasteiger partial charge in [-0.3, -0.25) is 39.0 Å². The van der Waals surface area contributed by atoms with Crippen LogP contribution in [0.4, 0.5) is 11.6 Å². The Hall–Kier alpha value is -6.53. The Morgan fingerprint density at radius 2 is 1.61 bits per heavy atom. The molecule has 8 rings (SSSR count). The summed E-state index contributed by atoms with van der Waals surface area (Å²) in [7, 11) is 0. The van der Waals surface area contributed by atoms with Crippen molar-refractivity contribution in [3.05, 3.63) is 131 Å². The Bertz CT molecular complexity index is 3390. The molecule has 0 spiro atoms. The van der Waals surface area contributed by atoms with Crippen molar-refractivity contribution in [1.29, 1.82) is 5.41 Å². The molecule has 16 nitrogen and oxygen atoms in total. The topological polar surface area (TPSA) is 212 Å². The van der Waals surface area contributed by atoms with Crippen molar-refractivity contribution in [3.8, 4) is 16.3 Å². The lowest BCUT2D eigenvalue weighted by Gasteiger charge is -2.48. The van der Waals surface area contributed by atoms with Gasteiger partial charge >= 0.3 is 0 Å². The molecule has 2 aliphatic heterocycles. The molecule has 7 heterocycles. The number of anilines is 1. The van der Waals surface area contributed by atoms with Crippen LogP contribution in [0.1, 0.15) is 198 Å². The van der Waals surface area contributed by atoms with Gasteiger partial charge in [0.2, 0.25) is 5.82 Å². The van der Waals surface area contributed by atoms with Gasteiger partial charge < -0.3 is 20.6 Å². The van der Waals surface area contributed by atoms with Crippen LogP contribution in [0.5, 0.6) is 0 Å². The average molecular weight is 1170 g/mol. The summed E-state index contributed by atoms with van der Waals surface area (Å²) >= 11 is 8.01. The smallest absolute Gasteiger partial charge is 0.253 e. The number of ketones is 2. The summed E-state index contributed by atoms with van der Waals surface area (Å²) in [6, 6.07) is 15.0. The number of carbonyl (C=O) groups excluding carboxylic acids is 3. The van der Waals surface area contributed by atoms with Crippen LogP contribution in [0.2, 0.25) is 5.02 Å². The minimum Gasteiger partial charge on any atom is -0.354 e. The van der Waals surface area contributed by atoms with E-state index in [0.29, 0.717) is 51.3 Å². The maximum atomic E-state index is 14.8. The molecule has 6 aromatic rings. The quantitative estimate of drug-likeness (QED) is 0.0283. The van der Waals surface area contributed by atoms with Gasteiger partial charge in [0.05, 0.1) is 34.1 Å². The summed E-state index contributed by atoms with van der Waals surface area (Å²) < 4.78 is 2.10. The molecular formula is C65H86ClN12O4S+. The zero-order valence-corrected chi connectivity index (χ0v) is 52.3. The highest BCUT2D eigenvalue weighted by atomic mass is 35.5. The van der Waals surface area contributed by atoms with E-state index < -0.39 is 22.9 Å². The highest BCUT2D eigenvalue weighted by Gasteiger charge is 2.47. The summed E-state index contributed by atoms with van der Waals surface area (Å²) in [5.74, 6) is 2.96. The summed E-state index contributed by atoms with van der Waals surface area (Å²) in [6.45, 7) is 25.7. The number of fused-ring (bicyclic) bond motifs is 3. The molecule has 3 unspecified atom stereocenters. The molecule has 18 heteroatoms. The van der Waals surface area contributed by atoms with Crippen LogP contribution in [0.25, 0.3) is 16.3 Å². The van der Waals surface area contributed by atoms with Crippen LogP contribution in [0, 0.1) is 38.5 Å². The number of carbonyl (C=O) groups is 3. The second-order valence-electron chi connectivity index (χ2n) is 23.6. The number of pyridine rings is 3. The maximum Gasteiger partial charge on any atom is 0.253 e. The number of rotatable bonds is 27. The number of halogens is 1. The number of hydrogen-bond donors (Lipinski definition) is 4. The molecular weight excluding hydrogens is 1080 g/mol. The third kappa shape index (κ3) is 14.0. The number of H-pyrrole nitrogens is 1. The molecule has 1 amide bonds. The number of nitrogens with zero attached hydrogens (tertiary/aromatic N) is 8. The molecule has 5 aromatic heterocycles. The first-order chi connectivity index (χ1) is 39.7. The summed E-state index contributed by atoms with van der Waals surface area (Å²) in [5, 5.41) is 24.0. The SMILES string of the molecule is CCCc1cc(C)[nH]c(=O)c1CNC(=O)c1cc(-c2ccc(N3CCN(C(C)(CC)C(=O)C(C)(CC)CCCCCCCCC(=O)CC4N=C(c5ccc(Cl)cc5)c5c(sc(C)c5C)-n5c(C)nnc54)CC3)nc2)nc([NH2+]C(C)C)c1C=N. The summed E-state index contributed by atoms with van der Waals surface area (Å²) in [4.78, 5) is 79.4. The van der Waals surface area contributed by atoms with Gasteiger partial charge in [0.15, 0.2) is 11.6 Å². The second-order valence-corrected chi connectivity index (χ2v) is 25.3. The average Bonchev–Trinajstić information content (AvgIpc) is 2.26. The van der Waals surface area contributed by atoms with E-state index in [9.17, 15) is 19.2 Å². The van der Waals surface area contributed by atoms with Crippen molar-refractivity contribution in [2.24, 2.45) is 10.4 Å². The van der Waals surface area contributed by atoms with E-state index in [0.717, 1.165) is 153 Å². The fourth-order valence-corrected chi connectivity index (χ4v) is 13.4. The molecule has 0 bridgehead atoms. The molecule has 0 aliphatic carbocycles. The molecule has 0 radical (unpaired) electrons. The lowest BCUT2D eigenvalue weighted by atomic mass is 9.69. The number of piperazine rings is 1. The van der Waals surface area contributed by atoms with Crippen molar-refractivity contribution in [3.63, 3.8) is 0 Å².